The highest BCUT2D eigenvalue weighted by Crippen LogP contribution is 2.32. The van der Waals surface area contributed by atoms with Gasteiger partial charge in [0.05, 0.1) is 5.60 Å². The van der Waals surface area contributed by atoms with E-state index in [0.29, 0.717) is 23.8 Å². The van der Waals surface area contributed by atoms with Gasteiger partial charge in [0.2, 0.25) is 0 Å². The summed E-state index contributed by atoms with van der Waals surface area (Å²) in [5, 5.41) is 22.4. The monoisotopic (exact) mass is 277 g/mol. The zero-order valence-corrected chi connectivity index (χ0v) is 11.3. The van der Waals surface area contributed by atoms with Gasteiger partial charge in [-0.15, -0.1) is 0 Å². The van der Waals surface area contributed by atoms with Crippen LogP contribution in [0.4, 0.5) is 0 Å². The Morgan fingerprint density at radius 2 is 2.05 bits per heavy atom. The molecule has 0 aromatic heterocycles. The number of hydrogen-bond acceptors (Lipinski definition) is 5. The highest BCUT2D eigenvalue weighted by molar-refractivity contribution is 6.05. The van der Waals surface area contributed by atoms with Crippen molar-refractivity contribution >= 4 is 5.71 Å². The van der Waals surface area contributed by atoms with Crippen molar-refractivity contribution < 1.29 is 19.8 Å². The summed E-state index contributed by atoms with van der Waals surface area (Å²) in [4.78, 5) is 0. The van der Waals surface area contributed by atoms with Crippen LogP contribution in [0.1, 0.15) is 37.7 Å². The fourth-order valence-electron chi connectivity index (χ4n) is 2.83. The maximum Gasteiger partial charge on any atom is 0.134 e. The summed E-state index contributed by atoms with van der Waals surface area (Å²) in [5.41, 5.74) is 0.615. The highest BCUT2D eigenvalue weighted by Gasteiger charge is 2.30. The molecule has 1 aromatic carbocycles. The van der Waals surface area contributed by atoms with Crippen LogP contribution in [-0.4, -0.2) is 34.8 Å². The SMILES string of the molecule is ON=C1COc2cc(OCC3(O)CCCCC3)ccc21. The molecule has 5 nitrogen and oxygen atoms in total. The normalized spacial score (nSPS) is 22.4. The van der Waals surface area contributed by atoms with Crippen LogP contribution in [0.2, 0.25) is 0 Å². The lowest BCUT2D eigenvalue weighted by Crippen LogP contribution is -2.37. The van der Waals surface area contributed by atoms with Crippen LogP contribution in [0, 0.1) is 0 Å². The third-order valence-corrected chi connectivity index (χ3v) is 4.04. The van der Waals surface area contributed by atoms with Gasteiger partial charge in [-0.3, -0.25) is 0 Å². The van der Waals surface area contributed by atoms with Crippen LogP contribution in [0.25, 0.3) is 0 Å². The lowest BCUT2D eigenvalue weighted by Gasteiger charge is -2.31. The Bertz CT molecular complexity index is 521. The topological polar surface area (TPSA) is 71.3 Å². The standard InChI is InChI=1S/C15H19NO4/c17-15(6-2-1-3-7-15)10-20-11-4-5-12-13(16-18)9-19-14(12)8-11/h4-5,8,17-18H,1-3,6-7,9-10H2. The fourth-order valence-corrected chi connectivity index (χ4v) is 2.83. The smallest absolute Gasteiger partial charge is 0.134 e. The van der Waals surface area contributed by atoms with E-state index < -0.39 is 5.60 Å². The number of rotatable bonds is 3. The second kappa shape index (κ2) is 5.32. The summed E-state index contributed by atoms with van der Waals surface area (Å²) >= 11 is 0. The van der Waals surface area contributed by atoms with Crippen molar-refractivity contribution in [2.24, 2.45) is 5.16 Å². The summed E-state index contributed by atoms with van der Waals surface area (Å²) in [6.45, 7) is 0.589. The predicted octanol–water partition coefficient (Wildman–Crippen LogP) is 2.33. The Kier molecular flexibility index (Phi) is 3.53. The van der Waals surface area contributed by atoms with E-state index >= 15 is 0 Å². The molecule has 0 atom stereocenters. The molecule has 5 heteroatoms. The van der Waals surface area contributed by atoms with Gasteiger partial charge in [0.1, 0.15) is 30.4 Å². The Hall–Kier alpha value is -1.75. The van der Waals surface area contributed by atoms with E-state index in [1.165, 1.54) is 6.42 Å². The van der Waals surface area contributed by atoms with E-state index in [9.17, 15) is 5.11 Å². The summed E-state index contributed by atoms with van der Waals surface area (Å²) in [7, 11) is 0. The Labute approximate surface area is 117 Å². The summed E-state index contributed by atoms with van der Waals surface area (Å²) in [6, 6.07) is 5.40. The zero-order chi connectivity index (χ0) is 14.0. The van der Waals surface area contributed by atoms with Crippen LogP contribution < -0.4 is 9.47 Å². The van der Waals surface area contributed by atoms with Crippen molar-refractivity contribution in [3.63, 3.8) is 0 Å². The van der Waals surface area contributed by atoms with E-state index in [-0.39, 0.29) is 6.61 Å². The van der Waals surface area contributed by atoms with E-state index in [1.807, 2.05) is 12.1 Å². The molecule has 0 unspecified atom stereocenters. The third-order valence-electron chi connectivity index (χ3n) is 4.04. The third kappa shape index (κ3) is 2.58. The minimum Gasteiger partial charge on any atom is -0.490 e. The van der Waals surface area contributed by atoms with Crippen LogP contribution in [0.5, 0.6) is 11.5 Å². The molecule has 3 rings (SSSR count). The van der Waals surface area contributed by atoms with Gasteiger partial charge < -0.3 is 19.8 Å². The summed E-state index contributed by atoms with van der Waals surface area (Å²) in [6.07, 6.45) is 4.91. The molecule has 1 aliphatic carbocycles. The summed E-state index contributed by atoms with van der Waals surface area (Å²) in [5.74, 6) is 1.33. The molecular formula is C15H19NO4. The number of hydrogen-bond donors (Lipinski definition) is 2. The number of aliphatic hydroxyl groups is 1. The lowest BCUT2D eigenvalue weighted by atomic mass is 9.85. The van der Waals surface area contributed by atoms with Crippen molar-refractivity contribution in [3.8, 4) is 11.5 Å². The molecule has 0 amide bonds. The average molecular weight is 277 g/mol. The molecule has 1 heterocycles. The minimum atomic E-state index is -0.699. The maximum atomic E-state index is 10.4. The van der Waals surface area contributed by atoms with Crippen molar-refractivity contribution in [2.75, 3.05) is 13.2 Å². The maximum absolute atomic E-state index is 10.4. The number of oxime groups is 1. The van der Waals surface area contributed by atoms with Gasteiger partial charge in [-0.25, -0.2) is 0 Å². The van der Waals surface area contributed by atoms with Gasteiger partial charge in [-0.05, 0) is 25.0 Å². The minimum absolute atomic E-state index is 0.277. The number of nitrogens with zero attached hydrogens (tertiary/aromatic N) is 1. The molecule has 1 saturated carbocycles. The molecule has 2 aliphatic rings. The highest BCUT2D eigenvalue weighted by atomic mass is 16.5. The second-order valence-electron chi connectivity index (χ2n) is 5.57. The van der Waals surface area contributed by atoms with Gasteiger partial charge in [0.25, 0.3) is 0 Å². The molecule has 1 aliphatic heterocycles. The molecule has 2 N–H and O–H groups in total. The van der Waals surface area contributed by atoms with E-state index in [0.717, 1.165) is 31.2 Å². The number of ether oxygens (including phenoxy) is 2. The van der Waals surface area contributed by atoms with Gasteiger partial charge >= 0.3 is 0 Å². The number of benzene rings is 1. The Balaban J connectivity index is 1.67. The van der Waals surface area contributed by atoms with Crippen molar-refractivity contribution in [1.29, 1.82) is 0 Å². The molecule has 108 valence electrons. The zero-order valence-electron chi connectivity index (χ0n) is 11.3. The first kappa shape index (κ1) is 13.2. The van der Waals surface area contributed by atoms with Crippen LogP contribution >= 0.6 is 0 Å². The molecule has 0 radical (unpaired) electrons. The number of fused-ring (bicyclic) bond motifs is 1. The van der Waals surface area contributed by atoms with Crippen molar-refractivity contribution in [1.82, 2.24) is 0 Å². The Morgan fingerprint density at radius 1 is 1.25 bits per heavy atom. The van der Waals surface area contributed by atoms with Crippen LogP contribution in [0.3, 0.4) is 0 Å². The molecule has 0 bridgehead atoms. The summed E-state index contributed by atoms with van der Waals surface area (Å²) < 4.78 is 11.1. The first-order chi connectivity index (χ1) is 9.70. The molecule has 0 saturated heterocycles. The van der Waals surface area contributed by atoms with E-state index in [1.54, 1.807) is 6.07 Å². The van der Waals surface area contributed by atoms with Gasteiger partial charge in [0.15, 0.2) is 0 Å². The Morgan fingerprint density at radius 3 is 2.80 bits per heavy atom. The molecular weight excluding hydrogens is 258 g/mol. The van der Waals surface area contributed by atoms with Crippen molar-refractivity contribution in [3.05, 3.63) is 23.8 Å². The largest absolute Gasteiger partial charge is 0.490 e. The molecule has 1 aromatic rings. The van der Waals surface area contributed by atoms with Crippen LogP contribution in [-0.2, 0) is 0 Å². The first-order valence-electron chi connectivity index (χ1n) is 7.04. The molecule has 0 spiro atoms. The van der Waals surface area contributed by atoms with Gasteiger partial charge in [0, 0.05) is 11.6 Å². The fraction of sp³-hybridized carbons (Fsp3) is 0.533. The van der Waals surface area contributed by atoms with Crippen LogP contribution in [0.15, 0.2) is 23.4 Å². The molecule has 1 fully saturated rings. The average Bonchev–Trinajstić information content (AvgIpc) is 2.88. The quantitative estimate of drug-likeness (QED) is 0.657. The van der Waals surface area contributed by atoms with Gasteiger partial charge in [-0.1, -0.05) is 24.4 Å². The molecule has 20 heavy (non-hydrogen) atoms. The van der Waals surface area contributed by atoms with E-state index in [2.05, 4.69) is 5.16 Å². The first-order valence-corrected chi connectivity index (χ1v) is 7.04. The lowest BCUT2D eigenvalue weighted by molar-refractivity contribution is -0.0339. The van der Waals surface area contributed by atoms with Gasteiger partial charge in [-0.2, -0.15) is 0 Å². The second-order valence-corrected chi connectivity index (χ2v) is 5.57. The predicted molar refractivity (Wildman–Crippen MR) is 73.8 cm³/mol. The van der Waals surface area contributed by atoms with Crippen molar-refractivity contribution in [2.45, 2.75) is 37.7 Å². The van der Waals surface area contributed by atoms with E-state index in [4.69, 9.17) is 14.7 Å².